The lowest BCUT2D eigenvalue weighted by atomic mass is 10.1. The molecule has 2 rings (SSSR count). The number of hydrogen-bond donors (Lipinski definition) is 1. The van der Waals surface area contributed by atoms with Crippen LogP contribution < -0.4 is 10.2 Å². The standard InChI is InChI=1S/C16H25ClN2/c1-4-9-18-11-14-7-8-15(17)10-16(14)19(3)12(2)13-5-6-13/h7-8,10,12-13,18H,4-6,9,11H2,1-3H3. The van der Waals surface area contributed by atoms with Gasteiger partial charge in [-0.15, -0.1) is 0 Å². The number of nitrogens with zero attached hydrogens (tertiary/aromatic N) is 1. The number of rotatable bonds is 7. The van der Waals surface area contributed by atoms with E-state index in [1.165, 1.54) is 24.1 Å². The summed E-state index contributed by atoms with van der Waals surface area (Å²) in [7, 11) is 2.19. The molecule has 19 heavy (non-hydrogen) atoms. The topological polar surface area (TPSA) is 15.3 Å². The molecule has 0 heterocycles. The van der Waals surface area contributed by atoms with Gasteiger partial charge in [0.2, 0.25) is 0 Å². The second-order valence-electron chi connectivity index (χ2n) is 5.64. The third-order valence-electron chi connectivity index (χ3n) is 4.08. The van der Waals surface area contributed by atoms with Crippen molar-refractivity contribution >= 4 is 17.3 Å². The zero-order chi connectivity index (χ0) is 13.8. The van der Waals surface area contributed by atoms with Crippen molar-refractivity contribution in [2.75, 3.05) is 18.5 Å². The molecule has 1 aromatic rings. The Kier molecular flexibility index (Phi) is 5.12. The molecule has 1 aliphatic carbocycles. The summed E-state index contributed by atoms with van der Waals surface area (Å²) < 4.78 is 0. The van der Waals surface area contributed by atoms with Gasteiger partial charge in [-0.25, -0.2) is 0 Å². The van der Waals surface area contributed by atoms with Crippen molar-refractivity contribution in [2.24, 2.45) is 5.92 Å². The Morgan fingerprint density at radius 3 is 2.79 bits per heavy atom. The second-order valence-corrected chi connectivity index (χ2v) is 6.08. The van der Waals surface area contributed by atoms with Crippen LogP contribution in [0.3, 0.4) is 0 Å². The van der Waals surface area contributed by atoms with Crippen molar-refractivity contribution in [3.8, 4) is 0 Å². The van der Waals surface area contributed by atoms with E-state index in [1.807, 2.05) is 6.07 Å². The van der Waals surface area contributed by atoms with Crippen LogP contribution in [-0.4, -0.2) is 19.6 Å². The van der Waals surface area contributed by atoms with Gasteiger partial charge in [-0.1, -0.05) is 24.6 Å². The van der Waals surface area contributed by atoms with Crippen molar-refractivity contribution < 1.29 is 0 Å². The monoisotopic (exact) mass is 280 g/mol. The van der Waals surface area contributed by atoms with E-state index in [2.05, 4.69) is 43.2 Å². The van der Waals surface area contributed by atoms with Crippen LogP contribution >= 0.6 is 11.6 Å². The minimum Gasteiger partial charge on any atom is -0.371 e. The third-order valence-corrected chi connectivity index (χ3v) is 4.32. The molecule has 1 aliphatic rings. The molecular weight excluding hydrogens is 256 g/mol. The van der Waals surface area contributed by atoms with Crippen LogP contribution in [0.4, 0.5) is 5.69 Å². The first-order chi connectivity index (χ1) is 9.13. The molecule has 1 aromatic carbocycles. The van der Waals surface area contributed by atoms with Gasteiger partial charge in [0.25, 0.3) is 0 Å². The quantitative estimate of drug-likeness (QED) is 0.757. The van der Waals surface area contributed by atoms with Gasteiger partial charge in [-0.2, -0.15) is 0 Å². The Morgan fingerprint density at radius 2 is 2.16 bits per heavy atom. The number of benzene rings is 1. The molecule has 0 spiro atoms. The highest BCUT2D eigenvalue weighted by Crippen LogP contribution is 2.37. The molecule has 1 fully saturated rings. The predicted molar refractivity (Wildman–Crippen MR) is 84.0 cm³/mol. The van der Waals surface area contributed by atoms with E-state index in [1.54, 1.807) is 0 Å². The maximum Gasteiger partial charge on any atom is 0.0426 e. The lowest BCUT2D eigenvalue weighted by Crippen LogP contribution is -2.32. The fourth-order valence-corrected chi connectivity index (χ4v) is 2.70. The van der Waals surface area contributed by atoms with E-state index in [0.717, 1.165) is 30.5 Å². The van der Waals surface area contributed by atoms with E-state index in [0.29, 0.717) is 6.04 Å². The van der Waals surface area contributed by atoms with Crippen LogP contribution in [0.5, 0.6) is 0 Å². The summed E-state index contributed by atoms with van der Waals surface area (Å²) >= 11 is 6.18. The zero-order valence-electron chi connectivity index (χ0n) is 12.2. The maximum absolute atomic E-state index is 6.18. The van der Waals surface area contributed by atoms with E-state index in [-0.39, 0.29) is 0 Å². The Balaban J connectivity index is 2.13. The molecule has 1 saturated carbocycles. The first kappa shape index (κ1) is 14.7. The molecule has 1 atom stereocenters. The lowest BCUT2D eigenvalue weighted by Gasteiger charge is -2.29. The Labute approximate surface area is 122 Å². The SMILES string of the molecule is CCCNCc1ccc(Cl)cc1N(C)C(C)C1CC1. The molecule has 2 nitrogen and oxygen atoms in total. The third kappa shape index (κ3) is 3.87. The molecule has 0 aliphatic heterocycles. The van der Waals surface area contributed by atoms with Crippen molar-refractivity contribution in [3.63, 3.8) is 0 Å². The summed E-state index contributed by atoms with van der Waals surface area (Å²) in [6, 6.07) is 6.84. The average Bonchev–Trinajstić information content (AvgIpc) is 3.23. The van der Waals surface area contributed by atoms with E-state index in [4.69, 9.17) is 11.6 Å². The molecule has 0 amide bonds. The van der Waals surface area contributed by atoms with Crippen LogP contribution in [0.25, 0.3) is 0 Å². The second kappa shape index (κ2) is 6.62. The summed E-state index contributed by atoms with van der Waals surface area (Å²) in [5, 5.41) is 4.30. The number of anilines is 1. The number of hydrogen-bond acceptors (Lipinski definition) is 2. The number of nitrogens with one attached hydrogen (secondary N) is 1. The Hall–Kier alpha value is -0.730. The number of halogens is 1. The molecule has 3 heteroatoms. The first-order valence-corrected chi connectivity index (χ1v) is 7.73. The Morgan fingerprint density at radius 1 is 1.42 bits per heavy atom. The zero-order valence-corrected chi connectivity index (χ0v) is 13.0. The van der Waals surface area contributed by atoms with E-state index < -0.39 is 0 Å². The maximum atomic E-state index is 6.18. The van der Waals surface area contributed by atoms with Crippen LogP contribution in [-0.2, 0) is 6.54 Å². The first-order valence-electron chi connectivity index (χ1n) is 7.35. The van der Waals surface area contributed by atoms with Crippen molar-refractivity contribution in [2.45, 2.75) is 45.7 Å². The minimum atomic E-state index is 0.600. The van der Waals surface area contributed by atoms with Crippen molar-refractivity contribution in [1.82, 2.24) is 5.32 Å². The molecule has 0 radical (unpaired) electrons. The van der Waals surface area contributed by atoms with Crippen LogP contribution in [0.2, 0.25) is 5.02 Å². The summed E-state index contributed by atoms with van der Waals surface area (Å²) in [5.41, 5.74) is 2.61. The summed E-state index contributed by atoms with van der Waals surface area (Å²) in [6.07, 6.45) is 3.90. The molecule has 0 saturated heterocycles. The molecule has 0 aromatic heterocycles. The Bertz CT molecular complexity index is 415. The van der Waals surface area contributed by atoms with Crippen molar-refractivity contribution in [3.05, 3.63) is 28.8 Å². The van der Waals surface area contributed by atoms with E-state index in [9.17, 15) is 0 Å². The van der Waals surface area contributed by atoms with Gasteiger partial charge in [0.05, 0.1) is 0 Å². The van der Waals surface area contributed by atoms with Gasteiger partial charge in [-0.3, -0.25) is 0 Å². The summed E-state index contributed by atoms with van der Waals surface area (Å²) in [6.45, 7) is 6.49. The largest absolute Gasteiger partial charge is 0.371 e. The molecular formula is C16H25ClN2. The molecule has 1 unspecified atom stereocenters. The van der Waals surface area contributed by atoms with E-state index >= 15 is 0 Å². The fraction of sp³-hybridized carbons (Fsp3) is 0.625. The summed E-state index contributed by atoms with van der Waals surface area (Å²) in [4.78, 5) is 2.40. The lowest BCUT2D eigenvalue weighted by molar-refractivity contribution is 0.603. The fourth-order valence-electron chi connectivity index (χ4n) is 2.53. The van der Waals surface area contributed by atoms with Crippen LogP contribution in [0.15, 0.2) is 18.2 Å². The van der Waals surface area contributed by atoms with Gasteiger partial charge in [0, 0.05) is 30.3 Å². The van der Waals surface area contributed by atoms with Gasteiger partial charge in [-0.05, 0) is 56.3 Å². The molecule has 106 valence electrons. The minimum absolute atomic E-state index is 0.600. The molecule has 0 bridgehead atoms. The van der Waals surface area contributed by atoms with Gasteiger partial charge < -0.3 is 10.2 Å². The normalized spacial score (nSPS) is 16.4. The summed E-state index contributed by atoms with van der Waals surface area (Å²) in [5.74, 6) is 0.862. The average molecular weight is 281 g/mol. The predicted octanol–water partition coefficient (Wildman–Crippen LogP) is 4.07. The van der Waals surface area contributed by atoms with Gasteiger partial charge in [0.15, 0.2) is 0 Å². The van der Waals surface area contributed by atoms with Gasteiger partial charge >= 0.3 is 0 Å². The molecule has 1 N–H and O–H groups in total. The highest BCUT2D eigenvalue weighted by molar-refractivity contribution is 6.30. The van der Waals surface area contributed by atoms with Crippen LogP contribution in [0.1, 0.15) is 38.7 Å². The van der Waals surface area contributed by atoms with Gasteiger partial charge in [0.1, 0.15) is 0 Å². The highest BCUT2D eigenvalue weighted by Gasteiger charge is 2.31. The highest BCUT2D eigenvalue weighted by atomic mass is 35.5. The van der Waals surface area contributed by atoms with Crippen molar-refractivity contribution in [1.29, 1.82) is 0 Å². The smallest absolute Gasteiger partial charge is 0.0426 e. The van der Waals surface area contributed by atoms with Crippen LogP contribution in [0, 0.1) is 5.92 Å².